The van der Waals surface area contributed by atoms with Crippen molar-refractivity contribution in [1.82, 2.24) is 24.8 Å². The number of aromatic nitrogens is 3. The molecule has 2 heterocycles. The molecule has 1 saturated heterocycles. The summed E-state index contributed by atoms with van der Waals surface area (Å²) in [5, 5.41) is 7.92. The lowest BCUT2D eigenvalue weighted by Crippen LogP contribution is -2.52. The van der Waals surface area contributed by atoms with Crippen LogP contribution in [-0.4, -0.2) is 63.8 Å². The summed E-state index contributed by atoms with van der Waals surface area (Å²) in [5.74, 6) is 0.362. The van der Waals surface area contributed by atoms with Gasteiger partial charge in [0.1, 0.15) is 0 Å². The van der Waals surface area contributed by atoms with Crippen LogP contribution in [0.25, 0.3) is 0 Å². The predicted octanol–water partition coefficient (Wildman–Crippen LogP) is 0.553. The zero-order chi connectivity index (χ0) is 15.0. The molecule has 0 atom stereocenters. The maximum Gasteiger partial charge on any atom is 0.275 e. The summed E-state index contributed by atoms with van der Waals surface area (Å²) >= 11 is 0. The van der Waals surface area contributed by atoms with Gasteiger partial charge in [0.25, 0.3) is 5.91 Å². The van der Waals surface area contributed by atoms with Gasteiger partial charge in [-0.15, -0.1) is 5.10 Å². The van der Waals surface area contributed by atoms with Crippen molar-refractivity contribution in [2.45, 2.75) is 31.7 Å². The Kier molecular flexibility index (Phi) is 3.65. The molecule has 7 heteroatoms. The molecule has 1 aromatic heterocycles. The Bertz CT molecular complexity index is 541. The summed E-state index contributed by atoms with van der Waals surface area (Å²) in [6, 6.07) is 0.145. The molecule has 1 saturated carbocycles. The van der Waals surface area contributed by atoms with E-state index in [2.05, 4.69) is 10.3 Å². The minimum absolute atomic E-state index is 0.145. The van der Waals surface area contributed by atoms with Crippen LogP contribution in [0.3, 0.4) is 0 Å². The van der Waals surface area contributed by atoms with Gasteiger partial charge in [-0.05, 0) is 12.8 Å². The van der Waals surface area contributed by atoms with Crippen molar-refractivity contribution < 1.29 is 9.59 Å². The van der Waals surface area contributed by atoms with Gasteiger partial charge in [0.15, 0.2) is 5.69 Å². The van der Waals surface area contributed by atoms with Crippen molar-refractivity contribution in [3.8, 4) is 0 Å². The SMILES string of the molecule is CN(C)C(=O)c1cn(C2CN(C(=O)C3CCCC3)C2)nn1. The Labute approximate surface area is 123 Å². The lowest BCUT2D eigenvalue weighted by molar-refractivity contribution is -0.141. The van der Waals surface area contributed by atoms with Gasteiger partial charge in [0.05, 0.1) is 12.2 Å². The molecule has 1 aliphatic carbocycles. The highest BCUT2D eigenvalue weighted by Crippen LogP contribution is 2.30. The number of amides is 2. The van der Waals surface area contributed by atoms with Gasteiger partial charge in [0.2, 0.25) is 5.91 Å². The number of hydrogen-bond acceptors (Lipinski definition) is 4. The number of nitrogens with zero attached hydrogens (tertiary/aromatic N) is 5. The molecule has 0 bridgehead atoms. The zero-order valence-electron chi connectivity index (χ0n) is 12.5. The van der Waals surface area contributed by atoms with Gasteiger partial charge in [-0.3, -0.25) is 9.59 Å². The van der Waals surface area contributed by atoms with Crippen LogP contribution in [0.15, 0.2) is 6.20 Å². The quantitative estimate of drug-likeness (QED) is 0.815. The standard InChI is InChI=1S/C14H21N5O2/c1-17(2)14(21)12-9-19(16-15-12)11-7-18(8-11)13(20)10-5-3-4-6-10/h9-11H,3-8H2,1-2H3. The first-order valence-corrected chi connectivity index (χ1v) is 7.48. The highest BCUT2D eigenvalue weighted by molar-refractivity contribution is 5.91. The molecule has 114 valence electrons. The molecule has 2 amide bonds. The first kappa shape index (κ1) is 14.0. The van der Waals surface area contributed by atoms with Gasteiger partial charge in [0, 0.05) is 33.1 Å². The molecular formula is C14H21N5O2. The summed E-state index contributed by atoms with van der Waals surface area (Å²) in [7, 11) is 3.37. The monoisotopic (exact) mass is 291 g/mol. The molecule has 3 rings (SSSR count). The van der Waals surface area contributed by atoms with Gasteiger partial charge >= 0.3 is 0 Å². The third-order valence-electron chi connectivity index (χ3n) is 4.39. The summed E-state index contributed by atoms with van der Waals surface area (Å²) < 4.78 is 1.70. The number of likely N-dealkylation sites (tertiary alicyclic amines) is 1. The Morgan fingerprint density at radius 3 is 2.52 bits per heavy atom. The van der Waals surface area contributed by atoms with E-state index >= 15 is 0 Å². The molecule has 0 aromatic carbocycles. The van der Waals surface area contributed by atoms with Crippen LogP contribution >= 0.6 is 0 Å². The Morgan fingerprint density at radius 1 is 1.24 bits per heavy atom. The molecule has 0 radical (unpaired) electrons. The Hall–Kier alpha value is -1.92. The normalized spacial score (nSPS) is 19.6. The van der Waals surface area contributed by atoms with Gasteiger partial charge < -0.3 is 9.80 Å². The van der Waals surface area contributed by atoms with Crippen LogP contribution in [0, 0.1) is 5.92 Å². The molecule has 1 aliphatic heterocycles. The first-order valence-electron chi connectivity index (χ1n) is 7.48. The summed E-state index contributed by atoms with van der Waals surface area (Å²) in [6.07, 6.45) is 6.08. The molecular weight excluding hydrogens is 270 g/mol. The lowest BCUT2D eigenvalue weighted by atomic mass is 10.0. The number of carbonyl (C=O) groups is 2. The van der Waals surface area contributed by atoms with E-state index in [9.17, 15) is 9.59 Å². The van der Waals surface area contributed by atoms with E-state index < -0.39 is 0 Å². The summed E-state index contributed by atoms with van der Waals surface area (Å²) in [4.78, 5) is 27.4. The molecule has 1 aromatic rings. The van der Waals surface area contributed by atoms with Gasteiger partial charge in [-0.25, -0.2) is 4.68 Å². The maximum atomic E-state index is 12.2. The second-order valence-corrected chi connectivity index (χ2v) is 6.16. The fourth-order valence-corrected chi connectivity index (χ4v) is 3.02. The zero-order valence-corrected chi connectivity index (χ0v) is 12.5. The van der Waals surface area contributed by atoms with E-state index in [1.54, 1.807) is 25.0 Å². The molecule has 7 nitrogen and oxygen atoms in total. The van der Waals surface area contributed by atoms with E-state index in [1.807, 2.05) is 4.90 Å². The fourth-order valence-electron chi connectivity index (χ4n) is 3.02. The molecule has 0 spiro atoms. The minimum atomic E-state index is -0.153. The Balaban J connectivity index is 1.56. The third kappa shape index (κ3) is 2.64. The lowest BCUT2D eigenvalue weighted by Gasteiger charge is -2.40. The number of carbonyl (C=O) groups excluding carboxylic acids is 2. The molecule has 21 heavy (non-hydrogen) atoms. The van der Waals surface area contributed by atoms with Crippen molar-refractivity contribution in [3.63, 3.8) is 0 Å². The van der Waals surface area contributed by atoms with Crippen LogP contribution in [0.1, 0.15) is 42.2 Å². The third-order valence-corrected chi connectivity index (χ3v) is 4.39. The van der Waals surface area contributed by atoms with Crippen molar-refractivity contribution in [1.29, 1.82) is 0 Å². The fraction of sp³-hybridized carbons (Fsp3) is 0.714. The van der Waals surface area contributed by atoms with E-state index in [4.69, 9.17) is 0 Å². The largest absolute Gasteiger partial charge is 0.343 e. The topological polar surface area (TPSA) is 71.3 Å². The van der Waals surface area contributed by atoms with Crippen molar-refractivity contribution in [2.75, 3.05) is 27.2 Å². The molecule has 0 unspecified atom stereocenters. The number of hydrogen-bond donors (Lipinski definition) is 0. The minimum Gasteiger partial charge on any atom is -0.343 e. The predicted molar refractivity (Wildman–Crippen MR) is 75.6 cm³/mol. The second-order valence-electron chi connectivity index (χ2n) is 6.16. The molecule has 2 aliphatic rings. The van der Waals surface area contributed by atoms with E-state index in [0.717, 1.165) is 12.8 Å². The van der Waals surface area contributed by atoms with Gasteiger partial charge in [-0.1, -0.05) is 18.1 Å². The maximum absolute atomic E-state index is 12.2. The van der Waals surface area contributed by atoms with Crippen LogP contribution in [-0.2, 0) is 4.79 Å². The van der Waals surface area contributed by atoms with Crippen LogP contribution in [0.5, 0.6) is 0 Å². The number of rotatable bonds is 3. The highest BCUT2D eigenvalue weighted by Gasteiger charge is 2.37. The summed E-state index contributed by atoms with van der Waals surface area (Å²) in [5.41, 5.74) is 0.348. The highest BCUT2D eigenvalue weighted by atomic mass is 16.2. The van der Waals surface area contributed by atoms with E-state index in [1.165, 1.54) is 17.7 Å². The second kappa shape index (κ2) is 5.46. The average molecular weight is 291 g/mol. The van der Waals surface area contributed by atoms with Crippen LogP contribution < -0.4 is 0 Å². The van der Waals surface area contributed by atoms with Crippen molar-refractivity contribution in [3.05, 3.63) is 11.9 Å². The Morgan fingerprint density at radius 2 is 1.90 bits per heavy atom. The summed E-state index contributed by atoms with van der Waals surface area (Å²) in [6.45, 7) is 1.35. The van der Waals surface area contributed by atoms with Crippen LogP contribution in [0.4, 0.5) is 0 Å². The first-order chi connectivity index (χ1) is 10.1. The van der Waals surface area contributed by atoms with Crippen molar-refractivity contribution in [2.24, 2.45) is 5.92 Å². The van der Waals surface area contributed by atoms with E-state index in [-0.39, 0.29) is 23.8 Å². The average Bonchev–Trinajstić information content (AvgIpc) is 3.07. The smallest absolute Gasteiger partial charge is 0.275 e. The van der Waals surface area contributed by atoms with Crippen LogP contribution in [0.2, 0.25) is 0 Å². The van der Waals surface area contributed by atoms with Gasteiger partial charge in [-0.2, -0.15) is 0 Å². The van der Waals surface area contributed by atoms with E-state index in [0.29, 0.717) is 18.8 Å². The van der Waals surface area contributed by atoms with Crippen molar-refractivity contribution >= 4 is 11.8 Å². The molecule has 2 fully saturated rings. The molecule has 0 N–H and O–H groups in total.